The molecule has 1 saturated heterocycles. The summed E-state index contributed by atoms with van der Waals surface area (Å²) >= 11 is 0. The summed E-state index contributed by atoms with van der Waals surface area (Å²) in [6.45, 7) is 0.587. The Hall–Kier alpha value is -1.98. The van der Waals surface area contributed by atoms with E-state index < -0.39 is 23.5 Å². The molecule has 20 heavy (non-hydrogen) atoms. The minimum absolute atomic E-state index is 0.168. The van der Waals surface area contributed by atoms with Gasteiger partial charge in [-0.15, -0.1) is 0 Å². The van der Waals surface area contributed by atoms with Gasteiger partial charge in [0.1, 0.15) is 11.6 Å². The van der Waals surface area contributed by atoms with E-state index >= 15 is 0 Å². The number of benzene rings is 1. The third-order valence-electron chi connectivity index (χ3n) is 3.40. The van der Waals surface area contributed by atoms with Crippen molar-refractivity contribution in [2.24, 2.45) is 5.92 Å². The molecule has 1 fully saturated rings. The number of ether oxygens (including phenoxy) is 1. The lowest BCUT2D eigenvalue weighted by atomic mass is 9.97. The van der Waals surface area contributed by atoms with Gasteiger partial charge in [-0.05, 0) is 31.0 Å². The molecule has 6 heteroatoms. The van der Waals surface area contributed by atoms with Gasteiger partial charge in [-0.2, -0.15) is 0 Å². The molecule has 1 aromatic rings. The molecule has 4 nitrogen and oxygen atoms in total. The highest BCUT2D eigenvalue weighted by Gasteiger charge is 2.30. The van der Waals surface area contributed by atoms with Gasteiger partial charge >= 0.3 is 5.97 Å². The topological polar surface area (TPSA) is 46.6 Å². The average Bonchev–Trinajstić information content (AvgIpc) is 2.48. The summed E-state index contributed by atoms with van der Waals surface area (Å²) in [6.07, 6.45) is 1.25. The van der Waals surface area contributed by atoms with E-state index in [4.69, 9.17) is 0 Å². The second kappa shape index (κ2) is 5.98. The van der Waals surface area contributed by atoms with Crippen molar-refractivity contribution < 1.29 is 23.1 Å². The Kier molecular flexibility index (Phi) is 4.32. The van der Waals surface area contributed by atoms with Crippen molar-refractivity contribution in [3.8, 4) is 0 Å². The number of carbonyl (C=O) groups is 2. The molecular weight excluding hydrogens is 268 g/mol. The fourth-order valence-electron chi connectivity index (χ4n) is 2.35. The monoisotopic (exact) mass is 283 g/mol. The normalized spacial score (nSPS) is 18.8. The third kappa shape index (κ3) is 2.95. The molecule has 1 aliphatic rings. The Morgan fingerprint density at radius 1 is 1.35 bits per heavy atom. The van der Waals surface area contributed by atoms with E-state index in [0.717, 1.165) is 18.2 Å². The molecule has 0 radical (unpaired) electrons. The van der Waals surface area contributed by atoms with Crippen LogP contribution < -0.4 is 0 Å². The van der Waals surface area contributed by atoms with Gasteiger partial charge in [0.15, 0.2) is 0 Å². The minimum Gasteiger partial charge on any atom is -0.469 e. The molecule has 1 atom stereocenters. The van der Waals surface area contributed by atoms with E-state index in [2.05, 4.69) is 4.74 Å². The molecule has 1 aliphatic heterocycles. The Balaban J connectivity index is 2.16. The summed E-state index contributed by atoms with van der Waals surface area (Å²) in [5.74, 6) is -2.83. The highest BCUT2D eigenvalue weighted by molar-refractivity contribution is 5.94. The molecule has 0 spiro atoms. The molecule has 1 amide bonds. The number of hydrogen-bond donors (Lipinski definition) is 0. The van der Waals surface area contributed by atoms with Crippen LogP contribution in [0.5, 0.6) is 0 Å². The minimum atomic E-state index is -0.767. The van der Waals surface area contributed by atoms with E-state index in [9.17, 15) is 18.4 Å². The predicted molar refractivity (Wildman–Crippen MR) is 67.0 cm³/mol. The standard InChI is InChI=1S/C14H15F2NO3/c1-20-14(19)9-3-2-6-17(8-9)13(18)11-7-10(15)4-5-12(11)16/h4-5,7,9H,2-3,6,8H2,1H3/t9-/m0/s1. The number of nitrogens with zero attached hydrogens (tertiary/aromatic N) is 1. The number of halogens is 2. The molecule has 0 unspecified atom stereocenters. The molecule has 0 bridgehead atoms. The number of likely N-dealkylation sites (tertiary alicyclic amines) is 1. The van der Waals surface area contributed by atoms with Gasteiger partial charge in [-0.1, -0.05) is 0 Å². The lowest BCUT2D eigenvalue weighted by molar-refractivity contribution is -0.146. The van der Waals surface area contributed by atoms with Gasteiger partial charge in [0.05, 0.1) is 18.6 Å². The van der Waals surface area contributed by atoms with Crippen molar-refractivity contribution in [1.82, 2.24) is 4.90 Å². The van der Waals surface area contributed by atoms with E-state index in [1.165, 1.54) is 12.0 Å². The van der Waals surface area contributed by atoms with Gasteiger partial charge in [-0.25, -0.2) is 8.78 Å². The molecule has 1 aromatic carbocycles. The Bertz CT molecular complexity index is 533. The second-order valence-electron chi connectivity index (χ2n) is 4.74. The maximum atomic E-state index is 13.6. The number of piperidine rings is 1. The van der Waals surface area contributed by atoms with Crippen LogP contribution in [0.3, 0.4) is 0 Å². The molecule has 0 aromatic heterocycles. The zero-order valence-electron chi connectivity index (χ0n) is 11.1. The summed E-state index contributed by atoms with van der Waals surface area (Å²) in [5, 5.41) is 0. The predicted octanol–water partition coefficient (Wildman–Crippen LogP) is 1.99. The van der Waals surface area contributed by atoms with Crippen molar-refractivity contribution in [2.45, 2.75) is 12.8 Å². The first kappa shape index (κ1) is 14.4. The van der Waals surface area contributed by atoms with Crippen LogP contribution in [0.25, 0.3) is 0 Å². The van der Waals surface area contributed by atoms with E-state index in [1.54, 1.807) is 0 Å². The highest BCUT2D eigenvalue weighted by atomic mass is 19.1. The lowest BCUT2D eigenvalue weighted by Crippen LogP contribution is -2.43. The summed E-state index contributed by atoms with van der Waals surface area (Å²) in [5.41, 5.74) is -0.310. The summed E-state index contributed by atoms with van der Waals surface area (Å²) in [4.78, 5) is 25.1. The number of amides is 1. The molecule has 2 rings (SSSR count). The summed E-state index contributed by atoms with van der Waals surface area (Å²) in [7, 11) is 1.29. The molecule has 108 valence electrons. The summed E-state index contributed by atoms with van der Waals surface area (Å²) in [6, 6.07) is 2.75. The number of esters is 1. The summed E-state index contributed by atoms with van der Waals surface area (Å²) < 4.78 is 31.4. The van der Waals surface area contributed by atoms with Gasteiger partial charge < -0.3 is 9.64 Å². The Morgan fingerprint density at radius 2 is 2.10 bits per heavy atom. The van der Waals surface area contributed by atoms with Crippen molar-refractivity contribution in [2.75, 3.05) is 20.2 Å². The van der Waals surface area contributed by atoms with Crippen LogP contribution in [0.2, 0.25) is 0 Å². The van der Waals surface area contributed by atoms with E-state index in [1.807, 2.05) is 0 Å². The lowest BCUT2D eigenvalue weighted by Gasteiger charge is -2.31. The van der Waals surface area contributed by atoms with Gasteiger partial charge in [-0.3, -0.25) is 9.59 Å². The van der Waals surface area contributed by atoms with Crippen LogP contribution in [-0.4, -0.2) is 37.0 Å². The first-order chi connectivity index (χ1) is 9.52. The van der Waals surface area contributed by atoms with Crippen LogP contribution in [0.1, 0.15) is 23.2 Å². The second-order valence-corrected chi connectivity index (χ2v) is 4.74. The first-order valence-electron chi connectivity index (χ1n) is 6.35. The number of hydrogen-bond acceptors (Lipinski definition) is 3. The van der Waals surface area contributed by atoms with Gasteiger partial charge in [0.2, 0.25) is 0 Å². The molecular formula is C14H15F2NO3. The van der Waals surface area contributed by atoms with Crippen molar-refractivity contribution in [1.29, 1.82) is 0 Å². The van der Waals surface area contributed by atoms with Crippen LogP contribution in [0.4, 0.5) is 8.78 Å². The highest BCUT2D eigenvalue weighted by Crippen LogP contribution is 2.21. The maximum Gasteiger partial charge on any atom is 0.310 e. The molecule has 0 aliphatic carbocycles. The van der Waals surface area contributed by atoms with Gasteiger partial charge in [0.25, 0.3) is 5.91 Å². The maximum absolute atomic E-state index is 13.6. The number of methoxy groups -OCH3 is 1. The van der Waals surface area contributed by atoms with Crippen molar-refractivity contribution in [3.63, 3.8) is 0 Å². The van der Waals surface area contributed by atoms with Crippen LogP contribution in [-0.2, 0) is 9.53 Å². The van der Waals surface area contributed by atoms with Crippen molar-refractivity contribution >= 4 is 11.9 Å². The SMILES string of the molecule is COC(=O)[C@H]1CCCN(C(=O)c2cc(F)ccc2F)C1. The molecule has 0 saturated carbocycles. The first-order valence-corrected chi connectivity index (χ1v) is 6.35. The fraction of sp³-hybridized carbons (Fsp3) is 0.429. The van der Waals surface area contributed by atoms with Crippen LogP contribution in [0, 0.1) is 17.6 Å². The number of carbonyl (C=O) groups excluding carboxylic acids is 2. The molecule has 0 N–H and O–H groups in total. The zero-order chi connectivity index (χ0) is 14.7. The van der Waals surface area contributed by atoms with E-state index in [-0.39, 0.29) is 18.1 Å². The van der Waals surface area contributed by atoms with E-state index in [0.29, 0.717) is 19.4 Å². The molecule has 1 heterocycles. The fourth-order valence-corrected chi connectivity index (χ4v) is 2.35. The quantitative estimate of drug-likeness (QED) is 0.780. The average molecular weight is 283 g/mol. The van der Waals surface area contributed by atoms with Crippen LogP contribution >= 0.6 is 0 Å². The van der Waals surface area contributed by atoms with Gasteiger partial charge in [0, 0.05) is 13.1 Å². The number of rotatable bonds is 2. The smallest absolute Gasteiger partial charge is 0.310 e. The Labute approximate surface area is 115 Å². The Morgan fingerprint density at radius 3 is 2.80 bits per heavy atom. The van der Waals surface area contributed by atoms with Crippen molar-refractivity contribution in [3.05, 3.63) is 35.4 Å². The largest absolute Gasteiger partial charge is 0.469 e. The van der Waals surface area contributed by atoms with Crippen LogP contribution in [0.15, 0.2) is 18.2 Å². The zero-order valence-corrected chi connectivity index (χ0v) is 11.1. The third-order valence-corrected chi connectivity index (χ3v) is 3.40.